The van der Waals surface area contributed by atoms with Crippen LogP contribution in [-0.2, 0) is 11.3 Å². The molecule has 1 unspecified atom stereocenters. The molecule has 22 heavy (non-hydrogen) atoms. The van der Waals surface area contributed by atoms with Crippen molar-refractivity contribution in [1.82, 2.24) is 20.2 Å². The number of benzene rings is 1. The lowest BCUT2D eigenvalue weighted by Gasteiger charge is -2.26. The van der Waals surface area contributed by atoms with Crippen LogP contribution < -0.4 is 10.6 Å². The number of para-hydroxylation sites is 2. The average Bonchev–Trinajstić information content (AvgIpc) is 3.13. The number of amides is 1. The van der Waals surface area contributed by atoms with Crippen molar-refractivity contribution in [3.8, 4) is 0 Å². The van der Waals surface area contributed by atoms with Crippen molar-refractivity contribution < 1.29 is 4.79 Å². The van der Waals surface area contributed by atoms with Gasteiger partial charge in [-0.05, 0) is 44.9 Å². The first kappa shape index (κ1) is 15.0. The predicted molar refractivity (Wildman–Crippen MR) is 87.7 cm³/mol. The Bertz CT molecular complexity index is 670. The Morgan fingerprint density at radius 2 is 2.27 bits per heavy atom. The second kappa shape index (κ2) is 6.08. The number of hydrogen-bond acceptors (Lipinski definition) is 3. The van der Waals surface area contributed by atoms with Crippen molar-refractivity contribution in [2.24, 2.45) is 0 Å². The lowest BCUT2D eigenvalue weighted by molar-refractivity contribution is -0.127. The van der Waals surface area contributed by atoms with E-state index in [1.54, 1.807) is 0 Å². The fourth-order valence-electron chi connectivity index (χ4n) is 3.39. The van der Waals surface area contributed by atoms with Crippen LogP contribution in [0, 0.1) is 6.92 Å². The van der Waals surface area contributed by atoms with E-state index in [0.717, 1.165) is 49.2 Å². The monoisotopic (exact) mass is 300 g/mol. The van der Waals surface area contributed by atoms with E-state index in [-0.39, 0.29) is 11.4 Å². The van der Waals surface area contributed by atoms with Crippen LogP contribution in [0.4, 0.5) is 0 Å². The molecule has 2 heterocycles. The van der Waals surface area contributed by atoms with E-state index in [0.29, 0.717) is 6.54 Å². The molecule has 1 aromatic carbocycles. The third kappa shape index (κ3) is 2.61. The molecular formula is C17H24N4O. The molecule has 1 atom stereocenters. The fraction of sp³-hybridized carbons (Fsp3) is 0.529. The van der Waals surface area contributed by atoms with Crippen LogP contribution in [0.2, 0.25) is 0 Å². The Morgan fingerprint density at radius 1 is 1.45 bits per heavy atom. The molecule has 0 bridgehead atoms. The van der Waals surface area contributed by atoms with E-state index in [9.17, 15) is 4.79 Å². The third-order valence-corrected chi connectivity index (χ3v) is 4.75. The highest BCUT2D eigenvalue weighted by atomic mass is 16.2. The summed E-state index contributed by atoms with van der Waals surface area (Å²) in [7, 11) is 0. The lowest BCUT2D eigenvalue weighted by Crippen LogP contribution is -2.53. The highest BCUT2D eigenvalue weighted by Crippen LogP contribution is 2.23. The first-order chi connectivity index (χ1) is 10.7. The van der Waals surface area contributed by atoms with Gasteiger partial charge in [0.15, 0.2) is 0 Å². The maximum atomic E-state index is 12.5. The summed E-state index contributed by atoms with van der Waals surface area (Å²) in [4.78, 5) is 17.0. The predicted octanol–water partition coefficient (Wildman–Crippen LogP) is 1.99. The maximum Gasteiger partial charge on any atom is 0.240 e. The molecule has 0 spiro atoms. The van der Waals surface area contributed by atoms with Gasteiger partial charge in [0.05, 0.1) is 16.6 Å². The number of hydrogen-bond donors (Lipinski definition) is 2. The molecule has 1 saturated heterocycles. The number of fused-ring (bicyclic) bond motifs is 1. The molecule has 1 aromatic heterocycles. The summed E-state index contributed by atoms with van der Waals surface area (Å²) in [5.41, 5.74) is 1.78. The molecule has 0 aliphatic carbocycles. The second-order valence-corrected chi connectivity index (χ2v) is 6.02. The molecule has 0 radical (unpaired) electrons. The summed E-state index contributed by atoms with van der Waals surface area (Å²) in [6.45, 7) is 6.40. The van der Waals surface area contributed by atoms with Gasteiger partial charge in [-0.3, -0.25) is 4.79 Å². The normalized spacial score (nSPS) is 21.4. The van der Waals surface area contributed by atoms with Crippen LogP contribution in [-0.4, -0.2) is 34.1 Å². The highest BCUT2D eigenvalue weighted by Gasteiger charge is 2.38. The SMILES string of the molecule is CCC1(C(=O)NCCn2c(C)nc3ccccc32)CCCN1. The number of aromatic nitrogens is 2. The van der Waals surface area contributed by atoms with Crippen molar-refractivity contribution in [2.45, 2.75) is 45.2 Å². The molecule has 3 rings (SSSR count). The maximum absolute atomic E-state index is 12.5. The van der Waals surface area contributed by atoms with E-state index in [2.05, 4.69) is 33.2 Å². The summed E-state index contributed by atoms with van der Waals surface area (Å²) in [5.74, 6) is 1.12. The number of nitrogens with one attached hydrogen (secondary N) is 2. The first-order valence-corrected chi connectivity index (χ1v) is 8.11. The van der Waals surface area contributed by atoms with Crippen LogP contribution in [0.1, 0.15) is 32.0 Å². The molecule has 5 heteroatoms. The summed E-state index contributed by atoms with van der Waals surface area (Å²) in [6, 6.07) is 8.11. The zero-order valence-corrected chi connectivity index (χ0v) is 13.4. The molecule has 1 aliphatic rings. The second-order valence-electron chi connectivity index (χ2n) is 6.02. The van der Waals surface area contributed by atoms with Crippen molar-refractivity contribution in [3.05, 3.63) is 30.1 Å². The van der Waals surface area contributed by atoms with Gasteiger partial charge in [-0.2, -0.15) is 0 Å². The highest BCUT2D eigenvalue weighted by molar-refractivity contribution is 5.86. The van der Waals surface area contributed by atoms with Crippen LogP contribution in [0.25, 0.3) is 11.0 Å². The Balaban J connectivity index is 1.65. The summed E-state index contributed by atoms with van der Waals surface area (Å²) in [6.07, 6.45) is 2.85. The molecule has 5 nitrogen and oxygen atoms in total. The molecule has 1 aliphatic heterocycles. The first-order valence-electron chi connectivity index (χ1n) is 8.11. The lowest BCUT2D eigenvalue weighted by atomic mass is 9.93. The van der Waals surface area contributed by atoms with Crippen LogP contribution in [0.3, 0.4) is 0 Å². The summed E-state index contributed by atoms with van der Waals surface area (Å²) < 4.78 is 2.16. The van der Waals surface area contributed by atoms with Crippen molar-refractivity contribution in [2.75, 3.05) is 13.1 Å². The smallest absolute Gasteiger partial charge is 0.240 e. The zero-order chi connectivity index (χ0) is 15.6. The summed E-state index contributed by atoms with van der Waals surface area (Å²) in [5, 5.41) is 6.47. The van der Waals surface area contributed by atoms with Gasteiger partial charge in [0.2, 0.25) is 5.91 Å². The van der Waals surface area contributed by atoms with Gasteiger partial charge in [0, 0.05) is 13.1 Å². The Labute approximate surface area is 131 Å². The van der Waals surface area contributed by atoms with Gasteiger partial charge in [0.1, 0.15) is 5.82 Å². The number of aryl methyl sites for hydroxylation is 1. The van der Waals surface area contributed by atoms with E-state index in [1.807, 2.05) is 25.1 Å². The minimum atomic E-state index is -0.355. The topological polar surface area (TPSA) is 59.0 Å². The Morgan fingerprint density at radius 3 is 3.00 bits per heavy atom. The molecule has 1 amide bonds. The van der Waals surface area contributed by atoms with Gasteiger partial charge in [0.25, 0.3) is 0 Å². The van der Waals surface area contributed by atoms with Gasteiger partial charge < -0.3 is 15.2 Å². The standard InChI is InChI=1S/C17H24N4O/c1-3-17(9-6-10-19-17)16(22)18-11-12-21-13(2)20-14-7-4-5-8-15(14)21/h4-5,7-8,19H,3,6,9-12H2,1-2H3,(H,18,22). The molecule has 2 aromatic rings. The van der Waals surface area contributed by atoms with Crippen molar-refractivity contribution >= 4 is 16.9 Å². The van der Waals surface area contributed by atoms with Crippen LogP contribution >= 0.6 is 0 Å². The molecule has 2 N–H and O–H groups in total. The van der Waals surface area contributed by atoms with E-state index >= 15 is 0 Å². The largest absolute Gasteiger partial charge is 0.353 e. The van der Waals surface area contributed by atoms with Crippen LogP contribution in [0.5, 0.6) is 0 Å². The van der Waals surface area contributed by atoms with Gasteiger partial charge in [-0.1, -0.05) is 19.1 Å². The molecule has 118 valence electrons. The zero-order valence-electron chi connectivity index (χ0n) is 13.4. The Kier molecular flexibility index (Phi) is 4.16. The number of rotatable bonds is 5. The minimum absolute atomic E-state index is 0.134. The summed E-state index contributed by atoms with van der Waals surface area (Å²) >= 11 is 0. The number of nitrogens with zero attached hydrogens (tertiary/aromatic N) is 2. The number of carbonyl (C=O) groups excluding carboxylic acids is 1. The van der Waals surface area contributed by atoms with Crippen molar-refractivity contribution in [3.63, 3.8) is 0 Å². The molecular weight excluding hydrogens is 276 g/mol. The van der Waals surface area contributed by atoms with E-state index < -0.39 is 0 Å². The number of carbonyl (C=O) groups is 1. The number of imidazole rings is 1. The van der Waals surface area contributed by atoms with Crippen LogP contribution in [0.15, 0.2) is 24.3 Å². The Hall–Kier alpha value is -1.88. The quantitative estimate of drug-likeness (QED) is 0.888. The average molecular weight is 300 g/mol. The van der Waals surface area contributed by atoms with Gasteiger partial charge in [-0.25, -0.2) is 4.98 Å². The molecule has 1 fully saturated rings. The van der Waals surface area contributed by atoms with Gasteiger partial charge >= 0.3 is 0 Å². The molecule has 0 saturated carbocycles. The third-order valence-electron chi connectivity index (χ3n) is 4.75. The van der Waals surface area contributed by atoms with E-state index in [1.165, 1.54) is 0 Å². The minimum Gasteiger partial charge on any atom is -0.353 e. The van der Waals surface area contributed by atoms with Crippen molar-refractivity contribution in [1.29, 1.82) is 0 Å². The fourth-order valence-corrected chi connectivity index (χ4v) is 3.39. The van der Waals surface area contributed by atoms with E-state index in [4.69, 9.17) is 0 Å². The van der Waals surface area contributed by atoms with Gasteiger partial charge in [-0.15, -0.1) is 0 Å².